The average molecular weight is 360 g/mol. The van der Waals surface area contributed by atoms with E-state index in [1.165, 1.54) is 5.56 Å². The molecular formula is C18H24N4O2S. The molecule has 0 spiro atoms. The van der Waals surface area contributed by atoms with Crippen molar-refractivity contribution in [3.63, 3.8) is 0 Å². The van der Waals surface area contributed by atoms with Gasteiger partial charge in [0.25, 0.3) is 0 Å². The second-order valence-corrected chi connectivity index (χ2v) is 7.74. The van der Waals surface area contributed by atoms with Gasteiger partial charge in [-0.05, 0) is 42.7 Å². The van der Waals surface area contributed by atoms with Gasteiger partial charge < -0.3 is 11.1 Å². The Hall–Kier alpha value is -2.38. The van der Waals surface area contributed by atoms with E-state index in [2.05, 4.69) is 15.0 Å². The first kappa shape index (κ1) is 19.0. The third-order valence-corrected chi connectivity index (χ3v) is 5.06. The lowest BCUT2D eigenvalue weighted by molar-refractivity contribution is 0.581. The highest BCUT2D eigenvalue weighted by atomic mass is 32.2. The van der Waals surface area contributed by atoms with Gasteiger partial charge in [-0.25, -0.2) is 13.1 Å². The van der Waals surface area contributed by atoms with Crippen molar-refractivity contribution < 1.29 is 8.42 Å². The highest BCUT2D eigenvalue weighted by molar-refractivity contribution is 7.89. The van der Waals surface area contributed by atoms with Crippen LogP contribution in [-0.4, -0.2) is 26.7 Å². The Labute approximate surface area is 149 Å². The number of guanidine groups is 1. The van der Waals surface area contributed by atoms with Crippen LogP contribution in [0.15, 0.2) is 53.5 Å². The van der Waals surface area contributed by atoms with Gasteiger partial charge in [0.1, 0.15) is 0 Å². The Kier molecular flexibility index (Phi) is 6.55. The van der Waals surface area contributed by atoms with Gasteiger partial charge in [-0.2, -0.15) is 0 Å². The van der Waals surface area contributed by atoms with E-state index in [-0.39, 0.29) is 24.8 Å². The Morgan fingerprint density at radius 2 is 1.80 bits per heavy atom. The van der Waals surface area contributed by atoms with E-state index in [9.17, 15) is 8.42 Å². The first-order valence-corrected chi connectivity index (χ1v) is 9.66. The van der Waals surface area contributed by atoms with Crippen LogP contribution in [0, 0.1) is 13.8 Å². The number of hydrogen-bond acceptors (Lipinski definition) is 3. The lowest BCUT2D eigenvalue weighted by atomic mass is 10.1. The molecule has 0 aliphatic heterocycles. The van der Waals surface area contributed by atoms with Gasteiger partial charge in [-0.3, -0.25) is 4.99 Å². The summed E-state index contributed by atoms with van der Waals surface area (Å²) in [6, 6.07) is 15.2. The molecule has 0 radical (unpaired) electrons. The molecule has 4 N–H and O–H groups in total. The molecule has 0 aliphatic carbocycles. The molecule has 6 nitrogen and oxygen atoms in total. The molecule has 0 amide bonds. The summed E-state index contributed by atoms with van der Waals surface area (Å²) in [6.07, 6.45) is 0. The van der Waals surface area contributed by atoms with Crippen molar-refractivity contribution in [2.24, 2.45) is 10.7 Å². The molecule has 2 rings (SSSR count). The fraction of sp³-hybridized carbons (Fsp3) is 0.278. The van der Waals surface area contributed by atoms with E-state index in [1.807, 2.05) is 62.4 Å². The van der Waals surface area contributed by atoms with Crippen LogP contribution in [0.2, 0.25) is 0 Å². The number of nitrogens with two attached hydrogens (primary N) is 1. The van der Waals surface area contributed by atoms with Crippen LogP contribution in [0.25, 0.3) is 0 Å². The summed E-state index contributed by atoms with van der Waals surface area (Å²) in [6.45, 7) is 4.40. The standard InChI is InChI=1S/C18H24N4O2S/c1-14-8-9-17(12-15(14)2)22-18(19)20-10-11-25(23,24)21-13-16-6-4-3-5-7-16/h3-9,12,21H,10-11,13H2,1-2H3,(H3,19,20,22). The molecule has 2 aromatic rings. The van der Waals surface area contributed by atoms with E-state index in [0.717, 1.165) is 16.8 Å². The zero-order valence-electron chi connectivity index (χ0n) is 14.5. The molecule has 0 aromatic heterocycles. The molecule has 0 aliphatic rings. The Morgan fingerprint density at radius 3 is 2.48 bits per heavy atom. The van der Waals surface area contributed by atoms with Crippen molar-refractivity contribution >= 4 is 21.7 Å². The number of sulfonamides is 1. The average Bonchev–Trinajstić information content (AvgIpc) is 2.57. The summed E-state index contributed by atoms with van der Waals surface area (Å²) in [7, 11) is -3.40. The van der Waals surface area contributed by atoms with Gasteiger partial charge in [0.2, 0.25) is 10.0 Å². The monoisotopic (exact) mass is 360 g/mol. The smallest absolute Gasteiger partial charge is 0.213 e. The molecule has 25 heavy (non-hydrogen) atoms. The van der Waals surface area contributed by atoms with E-state index >= 15 is 0 Å². The Morgan fingerprint density at radius 1 is 1.08 bits per heavy atom. The van der Waals surface area contributed by atoms with Gasteiger partial charge in [0, 0.05) is 12.2 Å². The molecule has 0 unspecified atom stereocenters. The van der Waals surface area contributed by atoms with Crippen LogP contribution < -0.4 is 15.8 Å². The van der Waals surface area contributed by atoms with Crippen molar-refractivity contribution in [3.05, 3.63) is 65.2 Å². The van der Waals surface area contributed by atoms with Gasteiger partial charge in [0.15, 0.2) is 5.96 Å². The SMILES string of the molecule is Cc1ccc(NC(N)=NCCS(=O)(=O)NCc2ccccc2)cc1C. The number of aliphatic imine (C=N–C) groups is 1. The molecule has 0 atom stereocenters. The molecular weight excluding hydrogens is 336 g/mol. The molecule has 0 heterocycles. The fourth-order valence-corrected chi connectivity index (χ4v) is 3.02. The van der Waals surface area contributed by atoms with Gasteiger partial charge >= 0.3 is 0 Å². The maximum atomic E-state index is 12.0. The lowest BCUT2D eigenvalue weighted by Gasteiger charge is -2.08. The summed E-state index contributed by atoms with van der Waals surface area (Å²) >= 11 is 0. The molecule has 7 heteroatoms. The molecule has 0 saturated carbocycles. The first-order valence-electron chi connectivity index (χ1n) is 8.01. The third-order valence-electron chi connectivity index (χ3n) is 3.76. The largest absolute Gasteiger partial charge is 0.370 e. The second-order valence-electron chi connectivity index (χ2n) is 5.82. The third kappa shape index (κ3) is 6.56. The number of nitrogens with one attached hydrogen (secondary N) is 2. The van der Waals surface area contributed by atoms with Gasteiger partial charge in [-0.15, -0.1) is 0 Å². The lowest BCUT2D eigenvalue weighted by Crippen LogP contribution is -2.28. The van der Waals surface area contributed by atoms with Crippen LogP contribution in [0.4, 0.5) is 5.69 Å². The zero-order chi connectivity index (χ0) is 18.3. The maximum Gasteiger partial charge on any atom is 0.213 e. The summed E-state index contributed by atoms with van der Waals surface area (Å²) in [5.74, 6) is 0.0799. The Balaban J connectivity index is 1.82. The minimum absolute atomic E-state index is 0.0911. The van der Waals surface area contributed by atoms with Crippen LogP contribution in [0.3, 0.4) is 0 Å². The molecule has 0 saturated heterocycles. The molecule has 0 fully saturated rings. The van der Waals surface area contributed by atoms with Crippen molar-refractivity contribution in [1.29, 1.82) is 0 Å². The number of anilines is 1. The van der Waals surface area contributed by atoms with Crippen LogP contribution in [0.1, 0.15) is 16.7 Å². The summed E-state index contributed by atoms with van der Waals surface area (Å²) in [4.78, 5) is 4.08. The summed E-state index contributed by atoms with van der Waals surface area (Å²) in [5.41, 5.74) is 9.88. The topological polar surface area (TPSA) is 96.6 Å². The quantitative estimate of drug-likeness (QED) is 0.521. The Bertz CT molecular complexity index is 833. The maximum absolute atomic E-state index is 12.0. The van der Waals surface area contributed by atoms with E-state index in [0.29, 0.717) is 0 Å². The molecule has 2 aromatic carbocycles. The zero-order valence-corrected chi connectivity index (χ0v) is 15.3. The van der Waals surface area contributed by atoms with Crippen molar-refractivity contribution in [3.8, 4) is 0 Å². The summed E-state index contributed by atoms with van der Waals surface area (Å²) < 4.78 is 26.5. The fourth-order valence-electron chi connectivity index (χ4n) is 2.15. The van der Waals surface area contributed by atoms with Crippen molar-refractivity contribution in [2.45, 2.75) is 20.4 Å². The number of hydrogen-bond donors (Lipinski definition) is 3. The normalized spacial score (nSPS) is 12.2. The van der Waals surface area contributed by atoms with Crippen LogP contribution in [0.5, 0.6) is 0 Å². The highest BCUT2D eigenvalue weighted by Gasteiger charge is 2.09. The predicted octanol–water partition coefficient (Wildman–Crippen LogP) is 2.15. The molecule has 134 valence electrons. The minimum atomic E-state index is -3.40. The number of benzene rings is 2. The van der Waals surface area contributed by atoms with Crippen LogP contribution in [-0.2, 0) is 16.6 Å². The predicted molar refractivity (Wildman–Crippen MR) is 103 cm³/mol. The van der Waals surface area contributed by atoms with Crippen molar-refractivity contribution in [1.82, 2.24) is 4.72 Å². The minimum Gasteiger partial charge on any atom is -0.370 e. The highest BCUT2D eigenvalue weighted by Crippen LogP contribution is 2.13. The number of aryl methyl sites for hydroxylation is 2. The summed E-state index contributed by atoms with van der Waals surface area (Å²) in [5, 5.41) is 2.97. The number of rotatable bonds is 7. The van der Waals surface area contributed by atoms with Crippen LogP contribution >= 0.6 is 0 Å². The van der Waals surface area contributed by atoms with E-state index < -0.39 is 10.0 Å². The number of nitrogens with zero attached hydrogens (tertiary/aromatic N) is 1. The van der Waals surface area contributed by atoms with E-state index in [4.69, 9.17) is 5.73 Å². The second kappa shape index (κ2) is 8.64. The van der Waals surface area contributed by atoms with Gasteiger partial charge in [0.05, 0.1) is 12.3 Å². The van der Waals surface area contributed by atoms with Gasteiger partial charge in [-0.1, -0.05) is 36.4 Å². The molecule has 0 bridgehead atoms. The van der Waals surface area contributed by atoms with E-state index in [1.54, 1.807) is 0 Å². The first-order chi connectivity index (χ1) is 11.9. The van der Waals surface area contributed by atoms with Crippen molar-refractivity contribution in [2.75, 3.05) is 17.6 Å².